The van der Waals surface area contributed by atoms with E-state index in [0.29, 0.717) is 28.7 Å². The van der Waals surface area contributed by atoms with Gasteiger partial charge in [0, 0.05) is 13.0 Å². The highest BCUT2D eigenvalue weighted by atomic mass is 32.2. The van der Waals surface area contributed by atoms with E-state index < -0.39 is 10.0 Å². The molecule has 0 aliphatic carbocycles. The summed E-state index contributed by atoms with van der Waals surface area (Å²) in [5.41, 5.74) is 2.41. The fourth-order valence-corrected chi connectivity index (χ4v) is 4.01. The lowest BCUT2D eigenvalue weighted by molar-refractivity contribution is 0.413. The molecule has 0 amide bonds. The Bertz CT molecular complexity index is 1040. The van der Waals surface area contributed by atoms with Crippen molar-refractivity contribution < 1.29 is 17.6 Å². The molecule has 0 atom stereocenters. The first-order chi connectivity index (χ1) is 12.9. The van der Waals surface area contributed by atoms with E-state index in [2.05, 4.69) is 14.9 Å². The maximum Gasteiger partial charge on any atom is 0.251 e. The Balaban J connectivity index is 1.67. The van der Waals surface area contributed by atoms with Gasteiger partial charge in [0.2, 0.25) is 15.9 Å². The lowest BCUT2D eigenvalue weighted by atomic mass is 10.2. The number of rotatable bonds is 7. The lowest BCUT2D eigenvalue weighted by Crippen LogP contribution is -2.26. The van der Waals surface area contributed by atoms with Crippen LogP contribution in [0.5, 0.6) is 5.75 Å². The number of ether oxygens (including phenoxy) is 1. The minimum Gasteiger partial charge on any atom is -0.496 e. The fraction of sp³-hybridized carbons (Fsp3) is 0.263. The molecule has 8 heteroatoms. The summed E-state index contributed by atoms with van der Waals surface area (Å²) in [7, 11) is -2.03. The van der Waals surface area contributed by atoms with Crippen molar-refractivity contribution in [3.8, 4) is 17.2 Å². The van der Waals surface area contributed by atoms with E-state index in [1.807, 2.05) is 31.2 Å². The first kappa shape index (κ1) is 19.1. The minimum absolute atomic E-state index is 0.156. The summed E-state index contributed by atoms with van der Waals surface area (Å²) >= 11 is 0. The van der Waals surface area contributed by atoms with Crippen LogP contribution in [-0.4, -0.2) is 32.3 Å². The summed E-state index contributed by atoms with van der Waals surface area (Å²) in [6.45, 7) is 3.86. The van der Waals surface area contributed by atoms with E-state index in [9.17, 15) is 8.42 Å². The van der Waals surface area contributed by atoms with Gasteiger partial charge in [0.15, 0.2) is 0 Å². The number of aryl methyl sites for hydroxylation is 2. The van der Waals surface area contributed by atoms with Gasteiger partial charge in [-0.3, -0.25) is 0 Å². The van der Waals surface area contributed by atoms with Crippen molar-refractivity contribution in [2.75, 3.05) is 13.7 Å². The topological polar surface area (TPSA) is 94.3 Å². The van der Waals surface area contributed by atoms with E-state index >= 15 is 0 Å². The third kappa shape index (κ3) is 4.35. The van der Waals surface area contributed by atoms with Crippen molar-refractivity contribution in [1.29, 1.82) is 0 Å². The molecule has 0 radical (unpaired) electrons. The molecule has 142 valence electrons. The highest BCUT2D eigenvalue weighted by molar-refractivity contribution is 7.89. The molecule has 0 spiro atoms. The number of para-hydroxylation sites is 1. The van der Waals surface area contributed by atoms with Crippen LogP contribution in [0.2, 0.25) is 0 Å². The van der Waals surface area contributed by atoms with Crippen LogP contribution in [0.4, 0.5) is 0 Å². The summed E-state index contributed by atoms with van der Waals surface area (Å²) in [6.07, 6.45) is 0.284. The number of sulfonamides is 1. The van der Waals surface area contributed by atoms with Gasteiger partial charge in [-0.2, -0.15) is 0 Å². The zero-order valence-corrected chi connectivity index (χ0v) is 16.2. The van der Waals surface area contributed by atoms with Crippen LogP contribution in [0.25, 0.3) is 11.5 Å². The Morgan fingerprint density at radius 3 is 2.63 bits per heavy atom. The van der Waals surface area contributed by atoms with E-state index in [1.165, 1.54) is 0 Å². The van der Waals surface area contributed by atoms with E-state index in [1.54, 1.807) is 32.2 Å². The van der Waals surface area contributed by atoms with Crippen molar-refractivity contribution in [3.05, 3.63) is 59.5 Å². The van der Waals surface area contributed by atoms with Gasteiger partial charge >= 0.3 is 0 Å². The van der Waals surface area contributed by atoms with E-state index in [-0.39, 0.29) is 17.9 Å². The average Bonchev–Trinajstić information content (AvgIpc) is 3.10. The second-order valence-electron chi connectivity index (χ2n) is 6.12. The molecule has 1 heterocycles. The van der Waals surface area contributed by atoms with Gasteiger partial charge in [0.1, 0.15) is 5.75 Å². The van der Waals surface area contributed by atoms with Gasteiger partial charge in [0.05, 0.1) is 17.6 Å². The van der Waals surface area contributed by atoms with Crippen molar-refractivity contribution >= 4 is 10.0 Å². The number of nitrogens with zero attached hydrogens (tertiary/aromatic N) is 2. The summed E-state index contributed by atoms with van der Waals surface area (Å²) in [6, 6.07) is 12.5. The molecule has 0 unspecified atom stereocenters. The zero-order valence-electron chi connectivity index (χ0n) is 15.4. The molecule has 2 aromatic carbocycles. The predicted molar refractivity (Wildman–Crippen MR) is 101 cm³/mol. The highest BCUT2D eigenvalue weighted by Gasteiger charge is 2.17. The number of nitrogens with one attached hydrogen (secondary N) is 1. The molecule has 3 rings (SSSR count). The summed E-state index contributed by atoms with van der Waals surface area (Å²) in [5, 5.41) is 8.00. The Kier molecular flexibility index (Phi) is 5.57. The second-order valence-corrected chi connectivity index (χ2v) is 7.85. The van der Waals surface area contributed by atoms with Crippen LogP contribution in [0, 0.1) is 13.8 Å². The van der Waals surface area contributed by atoms with Crippen LogP contribution in [0.1, 0.15) is 17.0 Å². The van der Waals surface area contributed by atoms with Crippen molar-refractivity contribution in [2.24, 2.45) is 0 Å². The molecule has 1 N–H and O–H groups in total. The largest absolute Gasteiger partial charge is 0.496 e. The molecule has 0 saturated heterocycles. The molecular formula is C19H21N3O4S. The van der Waals surface area contributed by atoms with Gasteiger partial charge in [-0.25, -0.2) is 13.1 Å². The van der Waals surface area contributed by atoms with Crippen LogP contribution in [0.15, 0.2) is 51.8 Å². The SMILES string of the molecule is COc1ccccc1-c1nnc(CCNS(=O)(=O)c2ccc(C)cc2C)o1. The fourth-order valence-electron chi connectivity index (χ4n) is 2.76. The van der Waals surface area contributed by atoms with Crippen molar-refractivity contribution in [3.63, 3.8) is 0 Å². The molecule has 0 aliphatic heterocycles. The van der Waals surface area contributed by atoms with Crippen LogP contribution in [-0.2, 0) is 16.4 Å². The number of methoxy groups -OCH3 is 1. The van der Waals surface area contributed by atoms with Gasteiger partial charge < -0.3 is 9.15 Å². The minimum atomic E-state index is -3.59. The van der Waals surface area contributed by atoms with Crippen molar-refractivity contribution in [1.82, 2.24) is 14.9 Å². The Labute approximate surface area is 158 Å². The van der Waals surface area contributed by atoms with Gasteiger partial charge in [-0.05, 0) is 37.6 Å². The molecule has 1 aromatic heterocycles. The molecule has 0 aliphatic rings. The lowest BCUT2D eigenvalue weighted by Gasteiger charge is -2.09. The van der Waals surface area contributed by atoms with Crippen molar-refractivity contribution in [2.45, 2.75) is 25.2 Å². The monoisotopic (exact) mass is 387 g/mol. The van der Waals surface area contributed by atoms with Crippen LogP contribution < -0.4 is 9.46 Å². The summed E-state index contributed by atoms with van der Waals surface area (Å²) in [4.78, 5) is 0.272. The van der Waals surface area contributed by atoms with Gasteiger partial charge in [0.25, 0.3) is 5.89 Å². The molecular weight excluding hydrogens is 366 g/mol. The number of hydrogen-bond acceptors (Lipinski definition) is 6. The summed E-state index contributed by atoms with van der Waals surface area (Å²) < 4.78 is 38.4. The first-order valence-corrected chi connectivity index (χ1v) is 9.92. The molecule has 0 bridgehead atoms. The maximum absolute atomic E-state index is 12.5. The smallest absolute Gasteiger partial charge is 0.251 e. The molecule has 7 nitrogen and oxygen atoms in total. The number of hydrogen-bond donors (Lipinski definition) is 1. The predicted octanol–water partition coefficient (Wildman–Crippen LogP) is 2.88. The van der Waals surface area contributed by atoms with E-state index in [4.69, 9.17) is 9.15 Å². The first-order valence-electron chi connectivity index (χ1n) is 8.43. The molecule has 0 saturated carbocycles. The number of aromatic nitrogens is 2. The second kappa shape index (κ2) is 7.89. The van der Waals surface area contributed by atoms with E-state index in [0.717, 1.165) is 5.56 Å². The average molecular weight is 387 g/mol. The van der Waals surface area contributed by atoms with Gasteiger partial charge in [-0.1, -0.05) is 29.8 Å². The van der Waals surface area contributed by atoms with Gasteiger partial charge in [-0.15, -0.1) is 10.2 Å². The normalized spacial score (nSPS) is 11.5. The third-order valence-electron chi connectivity index (χ3n) is 4.06. The molecule has 3 aromatic rings. The number of benzene rings is 2. The van der Waals surface area contributed by atoms with Crippen LogP contribution >= 0.6 is 0 Å². The quantitative estimate of drug-likeness (QED) is 0.670. The zero-order chi connectivity index (χ0) is 19.4. The Morgan fingerprint density at radius 2 is 1.89 bits per heavy atom. The third-order valence-corrected chi connectivity index (χ3v) is 5.68. The molecule has 27 heavy (non-hydrogen) atoms. The Morgan fingerprint density at radius 1 is 1.11 bits per heavy atom. The summed E-state index contributed by atoms with van der Waals surface area (Å²) in [5.74, 6) is 1.31. The van der Waals surface area contributed by atoms with Crippen LogP contribution in [0.3, 0.4) is 0 Å². The standard InChI is InChI=1S/C19H21N3O4S/c1-13-8-9-17(14(2)12-13)27(23,24)20-11-10-18-21-22-19(26-18)15-6-4-5-7-16(15)25-3/h4-9,12,20H,10-11H2,1-3H3. The Hall–Kier alpha value is -2.71. The maximum atomic E-state index is 12.5. The molecule has 0 fully saturated rings. The highest BCUT2D eigenvalue weighted by Crippen LogP contribution is 2.28.